The molecular formula is C46H28N2S. The van der Waals surface area contributed by atoms with E-state index in [9.17, 15) is 0 Å². The van der Waals surface area contributed by atoms with E-state index in [1.54, 1.807) is 0 Å². The maximum Gasteiger partial charge on any atom is 0.160 e. The minimum Gasteiger partial charge on any atom is -0.228 e. The van der Waals surface area contributed by atoms with Crippen molar-refractivity contribution < 1.29 is 0 Å². The molecule has 10 aromatic rings. The van der Waals surface area contributed by atoms with Gasteiger partial charge in [0.1, 0.15) is 0 Å². The third-order valence-electron chi connectivity index (χ3n) is 9.68. The summed E-state index contributed by atoms with van der Waals surface area (Å²) in [4.78, 5) is 10.7. The van der Waals surface area contributed by atoms with Gasteiger partial charge in [0, 0.05) is 36.9 Å². The molecule has 8 aromatic carbocycles. The summed E-state index contributed by atoms with van der Waals surface area (Å²) in [6.07, 6.45) is 0. The van der Waals surface area contributed by atoms with Crippen LogP contribution in [-0.2, 0) is 0 Å². The Hall–Kier alpha value is -6.16. The van der Waals surface area contributed by atoms with Gasteiger partial charge in [-0.15, -0.1) is 11.3 Å². The van der Waals surface area contributed by atoms with Crippen molar-refractivity contribution in [1.29, 1.82) is 0 Å². The monoisotopic (exact) mass is 640 g/mol. The van der Waals surface area contributed by atoms with Crippen LogP contribution < -0.4 is 0 Å². The predicted octanol–water partition coefficient (Wildman–Crippen LogP) is 13.0. The van der Waals surface area contributed by atoms with Crippen molar-refractivity contribution in [3.05, 3.63) is 170 Å². The summed E-state index contributed by atoms with van der Waals surface area (Å²) in [7, 11) is 0. The van der Waals surface area contributed by atoms with E-state index in [-0.39, 0.29) is 0 Å². The molecule has 2 heterocycles. The topological polar surface area (TPSA) is 25.8 Å². The zero-order valence-electron chi connectivity index (χ0n) is 26.5. The van der Waals surface area contributed by atoms with Crippen LogP contribution in [0.4, 0.5) is 0 Å². The van der Waals surface area contributed by atoms with Crippen LogP contribution >= 0.6 is 11.3 Å². The molecule has 0 aliphatic rings. The number of nitrogens with zero attached hydrogens (tertiary/aromatic N) is 2. The van der Waals surface area contributed by atoms with Crippen molar-refractivity contribution in [2.75, 3.05) is 0 Å². The third-order valence-corrected chi connectivity index (χ3v) is 10.8. The Morgan fingerprint density at radius 2 is 1.02 bits per heavy atom. The summed E-state index contributed by atoms with van der Waals surface area (Å²) in [6, 6.07) is 60.8. The number of fused-ring (bicyclic) bond motifs is 7. The van der Waals surface area contributed by atoms with Gasteiger partial charge < -0.3 is 0 Å². The first-order valence-electron chi connectivity index (χ1n) is 16.6. The highest BCUT2D eigenvalue weighted by Crippen LogP contribution is 2.44. The van der Waals surface area contributed by atoms with Gasteiger partial charge in [-0.2, -0.15) is 0 Å². The summed E-state index contributed by atoms with van der Waals surface area (Å²) in [5, 5.41) is 9.83. The SMILES string of the molecule is c1ccc(-c2nc(-c3ccccc3-c3cccc4sc5ccccc5c34)cc(-c3c4ccccc4cc4c3ccc3ccccc34)n2)cc1. The number of aromatic nitrogens is 2. The molecule has 0 saturated heterocycles. The molecule has 0 fully saturated rings. The lowest BCUT2D eigenvalue weighted by Crippen LogP contribution is -1.98. The van der Waals surface area contributed by atoms with Crippen LogP contribution in [0.1, 0.15) is 0 Å². The quantitative estimate of drug-likeness (QED) is 0.141. The maximum atomic E-state index is 5.36. The maximum absolute atomic E-state index is 5.36. The minimum atomic E-state index is 0.712. The second kappa shape index (κ2) is 11.2. The highest BCUT2D eigenvalue weighted by atomic mass is 32.1. The number of benzene rings is 8. The van der Waals surface area contributed by atoms with Crippen LogP contribution in [0.3, 0.4) is 0 Å². The van der Waals surface area contributed by atoms with E-state index >= 15 is 0 Å². The van der Waals surface area contributed by atoms with Gasteiger partial charge in [-0.1, -0.05) is 146 Å². The van der Waals surface area contributed by atoms with E-state index in [0.717, 1.165) is 33.6 Å². The number of hydrogen-bond acceptors (Lipinski definition) is 3. The van der Waals surface area contributed by atoms with E-state index in [0.29, 0.717) is 5.82 Å². The van der Waals surface area contributed by atoms with Gasteiger partial charge in [-0.3, -0.25) is 0 Å². The Morgan fingerprint density at radius 1 is 0.367 bits per heavy atom. The minimum absolute atomic E-state index is 0.712. The number of rotatable bonds is 4. The molecule has 2 aromatic heterocycles. The molecule has 0 bridgehead atoms. The molecule has 0 atom stereocenters. The lowest BCUT2D eigenvalue weighted by Gasteiger charge is -2.16. The van der Waals surface area contributed by atoms with Crippen molar-refractivity contribution in [3.63, 3.8) is 0 Å². The molecule has 0 saturated carbocycles. The largest absolute Gasteiger partial charge is 0.228 e. The van der Waals surface area contributed by atoms with E-state index in [2.05, 4.69) is 164 Å². The zero-order chi connectivity index (χ0) is 32.3. The highest BCUT2D eigenvalue weighted by Gasteiger charge is 2.19. The van der Waals surface area contributed by atoms with Gasteiger partial charge in [-0.05, 0) is 67.7 Å². The molecule has 0 aliphatic carbocycles. The Balaban J connectivity index is 1.29. The van der Waals surface area contributed by atoms with Crippen molar-refractivity contribution >= 4 is 63.8 Å². The molecule has 0 radical (unpaired) electrons. The van der Waals surface area contributed by atoms with Gasteiger partial charge in [-0.25, -0.2) is 9.97 Å². The van der Waals surface area contributed by atoms with E-state index < -0.39 is 0 Å². The molecule has 0 aliphatic heterocycles. The molecule has 0 amide bonds. The molecule has 3 heteroatoms. The first-order chi connectivity index (χ1) is 24.3. The van der Waals surface area contributed by atoms with Crippen LogP contribution in [0.15, 0.2) is 170 Å². The van der Waals surface area contributed by atoms with Crippen molar-refractivity contribution in [2.24, 2.45) is 0 Å². The second-order valence-corrected chi connectivity index (χ2v) is 13.6. The summed E-state index contributed by atoms with van der Waals surface area (Å²) in [5.41, 5.74) is 7.39. The summed E-state index contributed by atoms with van der Waals surface area (Å²) in [6.45, 7) is 0. The Morgan fingerprint density at radius 3 is 1.90 bits per heavy atom. The second-order valence-electron chi connectivity index (χ2n) is 12.5. The number of thiophene rings is 1. The molecule has 0 N–H and O–H groups in total. The van der Waals surface area contributed by atoms with Crippen molar-refractivity contribution in [3.8, 4) is 45.0 Å². The van der Waals surface area contributed by atoms with Crippen LogP contribution in [0.25, 0.3) is 97.5 Å². The fourth-order valence-electron chi connectivity index (χ4n) is 7.47. The summed E-state index contributed by atoms with van der Waals surface area (Å²) >= 11 is 1.85. The van der Waals surface area contributed by atoms with Crippen LogP contribution in [-0.4, -0.2) is 9.97 Å². The lowest BCUT2D eigenvalue weighted by atomic mass is 9.90. The average molecular weight is 641 g/mol. The third kappa shape index (κ3) is 4.55. The normalized spacial score (nSPS) is 11.7. The van der Waals surface area contributed by atoms with Gasteiger partial charge in [0.15, 0.2) is 5.82 Å². The standard InChI is InChI=1S/C46H28N2S/c1-2-14-30(15-3-1)46-47-40(35-20-9-8-19-34(35)36-22-12-24-43-45(36)38-21-10-11-23-42(38)49-43)28-41(48-46)44-33-18-7-5-16-31(33)27-39-32-17-6-4-13-29(32)25-26-37(39)44/h1-28H. The Kier molecular flexibility index (Phi) is 6.39. The van der Waals surface area contributed by atoms with Gasteiger partial charge >= 0.3 is 0 Å². The Bertz CT molecular complexity index is 2890. The molecule has 49 heavy (non-hydrogen) atoms. The first-order valence-corrected chi connectivity index (χ1v) is 17.4. The molecule has 2 nitrogen and oxygen atoms in total. The van der Waals surface area contributed by atoms with Gasteiger partial charge in [0.2, 0.25) is 0 Å². The molecule has 228 valence electrons. The van der Waals surface area contributed by atoms with Crippen LogP contribution in [0.5, 0.6) is 0 Å². The zero-order valence-corrected chi connectivity index (χ0v) is 27.3. The van der Waals surface area contributed by atoms with Crippen LogP contribution in [0, 0.1) is 0 Å². The first kappa shape index (κ1) is 27.9. The van der Waals surface area contributed by atoms with Crippen LogP contribution in [0.2, 0.25) is 0 Å². The van der Waals surface area contributed by atoms with Crippen molar-refractivity contribution in [1.82, 2.24) is 9.97 Å². The molecule has 0 spiro atoms. The number of hydrogen-bond donors (Lipinski definition) is 0. The fourth-order valence-corrected chi connectivity index (χ4v) is 8.60. The highest BCUT2D eigenvalue weighted by molar-refractivity contribution is 7.25. The molecule has 10 rings (SSSR count). The summed E-state index contributed by atoms with van der Waals surface area (Å²) in [5.74, 6) is 0.712. The van der Waals surface area contributed by atoms with Gasteiger partial charge in [0.25, 0.3) is 0 Å². The average Bonchev–Trinajstić information content (AvgIpc) is 3.56. The van der Waals surface area contributed by atoms with Crippen molar-refractivity contribution in [2.45, 2.75) is 0 Å². The fraction of sp³-hybridized carbons (Fsp3) is 0. The Labute approximate surface area is 287 Å². The predicted molar refractivity (Wildman–Crippen MR) is 209 cm³/mol. The van der Waals surface area contributed by atoms with E-state index in [1.807, 2.05) is 17.4 Å². The lowest BCUT2D eigenvalue weighted by molar-refractivity contribution is 1.19. The molecule has 0 unspecified atom stereocenters. The summed E-state index contributed by atoms with van der Waals surface area (Å²) < 4.78 is 2.59. The van der Waals surface area contributed by atoms with Gasteiger partial charge in [0.05, 0.1) is 11.4 Å². The van der Waals surface area contributed by atoms with E-state index in [1.165, 1.54) is 58.1 Å². The van der Waals surface area contributed by atoms with E-state index in [4.69, 9.17) is 9.97 Å². The molecular weight excluding hydrogens is 613 g/mol. The smallest absolute Gasteiger partial charge is 0.160 e.